The molecule has 26 heteroatoms. The molecule has 5 heterocycles. The van der Waals surface area contributed by atoms with Crippen molar-refractivity contribution in [3.05, 3.63) is 12.7 Å². The van der Waals surface area contributed by atoms with E-state index in [1.807, 2.05) is 13.8 Å². The van der Waals surface area contributed by atoms with Gasteiger partial charge >= 0.3 is 0 Å². The molecule has 5 rings (SSSR count). The van der Waals surface area contributed by atoms with Crippen LogP contribution in [-0.2, 0) is 52.2 Å². The number of hydrogen-bond acceptors (Lipinski definition) is 25. The van der Waals surface area contributed by atoms with E-state index in [-0.39, 0.29) is 0 Å². The Bertz CT molecular complexity index is 1580. The first kappa shape index (κ1) is 56.2. The lowest BCUT2D eigenvalue weighted by Crippen LogP contribution is -2.70. The van der Waals surface area contributed by atoms with Crippen molar-refractivity contribution in [3.8, 4) is 0 Å². The van der Waals surface area contributed by atoms with Crippen molar-refractivity contribution in [2.24, 2.45) is 5.41 Å². The van der Waals surface area contributed by atoms with Crippen molar-refractivity contribution < 1.29 is 124 Å². The van der Waals surface area contributed by atoms with Crippen LogP contribution >= 0.6 is 0 Å². The lowest BCUT2D eigenvalue weighted by Gasteiger charge is -2.51. The van der Waals surface area contributed by atoms with Crippen LogP contribution in [0.3, 0.4) is 0 Å². The second-order valence-electron chi connectivity index (χ2n) is 18.9. The molecule has 67 heavy (non-hydrogen) atoms. The maximum atomic E-state index is 12.8. The molecular weight excluding hydrogens is 906 g/mol. The number of carbonyl (C=O) groups is 1. The van der Waals surface area contributed by atoms with Gasteiger partial charge < -0.3 is 124 Å². The fourth-order valence-corrected chi connectivity index (χ4v) is 8.96. The fourth-order valence-electron chi connectivity index (χ4n) is 8.96. The topological polar surface area (TPSA) is 405 Å². The SMILES string of the molecule is C=CC(C)(C)CC(C)(C)O[C@@H]1OC(CO)[C@H](O[C@H]2OC(CO)[C@H](O)C(O[C@@H]3OC(CO)[C@H](O)C(O[C@@H]4OC(CO)[C@H](O)C(O)[C@@H]4O[C@@H]4OC(C)[C@H](O)C(O)C4O)C3NC(C)=O)C2O)C(O)C1O. The molecule has 0 bridgehead atoms. The van der Waals surface area contributed by atoms with Gasteiger partial charge in [0.05, 0.1) is 38.1 Å². The van der Waals surface area contributed by atoms with Crippen LogP contribution < -0.4 is 5.32 Å². The van der Waals surface area contributed by atoms with E-state index < -0.39 is 197 Å². The van der Waals surface area contributed by atoms with Crippen LogP contribution in [0, 0.1) is 5.41 Å². The summed E-state index contributed by atoms with van der Waals surface area (Å²) in [6.45, 7) is 9.86. The van der Waals surface area contributed by atoms with Gasteiger partial charge in [-0.15, -0.1) is 6.58 Å². The molecule has 0 aromatic rings. The molecular formula is C41H71NO25. The number of nitrogens with one attached hydrogen (secondary N) is 1. The lowest BCUT2D eigenvalue weighted by molar-refractivity contribution is -0.391. The van der Waals surface area contributed by atoms with Gasteiger partial charge in [-0.2, -0.15) is 0 Å². The largest absolute Gasteiger partial charge is 0.394 e. The van der Waals surface area contributed by atoms with E-state index in [2.05, 4.69) is 11.9 Å². The van der Waals surface area contributed by atoms with Crippen molar-refractivity contribution in [2.45, 2.75) is 207 Å². The van der Waals surface area contributed by atoms with Crippen LogP contribution in [0.15, 0.2) is 12.7 Å². The summed E-state index contributed by atoms with van der Waals surface area (Å²) in [6.07, 6.45) is -40.6. The van der Waals surface area contributed by atoms with Crippen molar-refractivity contribution in [1.82, 2.24) is 5.32 Å². The Balaban J connectivity index is 1.40. The van der Waals surface area contributed by atoms with Crippen LogP contribution in [0.1, 0.15) is 48.0 Å². The molecule has 1 amide bonds. The predicted octanol–water partition coefficient (Wildman–Crippen LogP) is -7.35. The molecule has 5 fully saturated rings. The molecule has 0 saturated carbocycles. The first-order chi connectivity index (χ1) is 31.3. The summed E-state index contributed by atoms with van der Waals surface area (Å²) < 4.78 is 58.5. The molecule has 390 valence electrons. The quantitative estimate of drug-likeness (QED) is 0.0567. The Morgan fingerprint density at radius 1 is 0.522 bits per heavy atom. The highest BCUT2D eigenvalue weighted by Crippen LogP contribution is 2.38. The molecule has 14 unspecified atom stereocenters. The zero-order chi connectivity index (χ0) is 50.0. The number of rotatable bonds is 18. The van der Waals surface area contributed by atoms with E-state index >= 15 is 0 Å². The van der Waals surface area contributed by atoms with Gasteiger partial charge in [-0.25, -0.2) is 0 Å². The highest BCUT2D eigenvalue weighted by molar-refractivity contribution is 5.73. The molecule has 5 aliphatic rings. The maximum Gasteiger partial charge on any atom is 0.217 e. The average Bonchev–Trinajstić information content (AvgIpc) is 3.27. The molecule has 0 aromatic heterocycles. The van der Waals surface area contributed by atoms with Gasteiger partial charge in [0.15, 0.2) is 31.5 Å². The minimum absolute atomic E-state index is 0.405. The molecule has 0 radical (unpaired) electrons. The van der Waals surface area contributed by atoms with E-state index in [0.717, 1.165) is 6.92 Å². The van der Waals surface area contributed by atoms with Crippen LogP contribution in [0.5, 0.6) is 0 Å². The number of hydrogen-bond donors (Lipinski definition) is 15. The summed E-state index contributed by atoms with van der Waals surface area (Å²) in [7, 11) is 0. The zero-order valence-corrected chi connectivity index (χ0v) is 38.0. The number of carbonyl (C=O) groups excluding carboxylic acids is 1. The van der Waals surface area contributed by atoms with Crippen molar-refractivity contribution in [2.75, 3.05) is 26.4 Å². The first-order valence-corrected chi connectivity index (χ1v) is 22.1. The van der Waals surface area contributed by atoms with Crippen LogP contribution in [-0.4, -0.2) is 263 Å². The van der Waals surface area contributed by atoms with Crippen molar-refractivity contribution in [1.29, 1.82) is 0 Å². The molecule has 0 aliphatic carbocycles. The third-order valence-corrected chi connectivity index (χ3v) is 12.5. The summed E-state index contributed by atoms with van der Waals surface area (Å²) in [6, 6.07) is -1.72. The second kappa shape index (κ2) is 23.2. The van der Waals surface area contributed by atoms with Crippen molar-refractivity contribution in [3.63, 3.8) is 0 Å². The minimum Gasteiger partial charge on any atom is -0.394 e. The van der Waals surface area contributed by atoms with E-state index in [1.54, 1.807) is 19.9 Å². The van der Waals surface area contributed by atoms with Gasteiger partial charge in [0.25, 0.3) is 0 Å². The molecule has 5 aliphatic heterocycles. The number of aliphatic hydroxyl groups is 14. The standard InChI is InChI=1S/C41H71NO25/c1-8-40(4,5)13-41(6,7)67-38-29(56)27(54)31(19(12-46)62-38)63-37-30(57)33(24(51)18(11-45)60-37)65-35-20(42-15(3)47)32(23(50)17(10-44)59-35)64-39-34(26(53)22(49)16(9-43)61-39)66-36-28(55)25(52)21(48)14(2)58-36/h8,14,16-39,43-46,48-57H,1,9-13H2,2-7H3,(H,42,47)/t14?,16?,17?,18?,19?,20?,21-,22-,23-,24-,25?,26?,27?,28?,29?,30?,31-,32?,33?,34-,35-,36-,37+,38-,39-/m0/s1. The van der Waals surface area contributed by atoms with Gasteiger partial charge in [0.1, 0.15) is 116 Å². The number of allylic oxidation sites excluding steroid dienone is 1. The maximum absolute atomic E-state index is 12.8. The van der Waals surface area contributed by atoms with Crippen molar-refractivity contribution >= 4 is 5.91 Å². The number of aliphatic hydroxyl groups excluding tert-OH is 14. The summed E-state index contributed by atoms with van der Waals surface area (Å²) in [5, 5.41) is 154. The molecule has 5 saturated heterocycles. The van der Waals surface area contributed by atoms with Gasteiger partial charge in [-0.1, -0.05) is 19.9 Å². The van der Waals surface area contributed by atoms with E-state index in [1.165, 1.54) is 6.92 Å². The van der Waals surface area contributed by atoms with E-state index in [4.69, 9.17) is 47.4 Å². The molecule has 0 aromatic carbocycles. The predicted molar refractivity (Wildman–Crippen MR) is 218 cm³/mol. The molecule has 0 spiro atoms. The number of ether oxygens (including phenoxy) is 10. The second-order valence-corrected chi connectivity index (χ2v) is 18.9. The zero-order valence-electron chi connectivity index (χ0n) is 38.0. The summed E-state index contributed by atoms with van der Waals surface area (Å²) in [4.78, 5) is 12.8. The minimum atomic E-state index is -2.10. The number of amides is 1. The smallest absolute Gasteiger partial charge is 0.217 e. The molecule has 25 atom stereocenters. The Morgan fingerprint density at radius 3 is 1.54 bits per heavy atom. The van der Waals surface area contributed by atoms with E-state index in [9.17, 15) is 76.3 Å². The third kappa shape index (κ3) is 12.7. The monoisotopic (exact) mass is 977 g/mol. The Hall–Kier alpha value is -1.75. The lowest BCUT2D eigenvalue weighted by atomic mass is 9.82. The van der Waals surface area contributed by atoms with Crippen LogP contribution in [0.25, 0.3) is 0 Å². The summed E-state index contributed by atoms with van der Waals surface area (Å²) in [5.74, 6) is -0.815. The third-order valence-electron chi connectivity index (χ3n) is 12.5. The Morgan fingerprint density at radius 2 is 0.970 bits per heavy atom. The van der Waals surface area contributed by atoms with Crippen LogP contribution in [0.4, 0.5) is 0 Å². The summed E-state index contributed by atoms with van der Waals surface area (Å²) >= 11 is 0. The highest BCUT2D eigenvalue weighted by atomic mass is 16.8. The normalized spacial score (nSPS) is 46.8. The Kier molecular flexibility index (Phi) is 19.5. The van der Waals surface area contributed by atoms with E-state index in [0.29, 0.717) is 6.42 Å². The first-order valence-electron chi connectivity index (χ1n) is 22.1. The average molecular weight is 978 g/mol. The van der Waals surface area contributed by atoms with Gasteiger partial charge in [-0.05, 0) is 32.6 Å². The summed E-state index contributed by atoms with van der Waals surface area (Å²) in [5.41, 5.74) is -1.36. The van der Waals surface area contributed by atoms with Gasteiger partial charge in [0, 0.05) is 6.92 Å². The Labute approximate surface area is 386 Å². The van der Waals surface area contributed by atoms with Crippen LogP contribution in [0.2, 0.25) is 0 Å². The van der Waals surface area contributed by atoms with Gasteiger partial charge in [0.2, 0.25) is 5.91 Å². The molecule has 26 nitrogen and oxygen atoms in total. The fraction of sp³-hybridized carbons (Fsp3) is 0.927. The van der Waals surface area contributed by atoms with Gasteiger partial charge in [-0.3, -0.25) is 4.79 Å². The molecule has 15 N–H and O–H groups in total. The highest BCUT2D eigenvalue weighted by Gasteiger charge is 2.57.